The SMILES string of the molecule is O=C(Cc1cccs1)N1CCCN(C(=O)Cn2cnnn2)CC1. The van der Waals surface area contributed by atoms with Crippen molar-refractivity contribution in [3.63, 3.8) is 0 Å². The summed E-state index contributed by atoms with van der Waals surface area (Å²) in [6, 6.07) is 3.93. The van der Waals surface area contributed by atoms with Gasteiger partial charge in [0.2, 0.25) is 11.8 Å². The van der Waals surface area contributed by atoms with Crippen LogP contribution in [0.1, 0.15) is 11.3 Å². The molecular formula is C14H18N6O2S. The molecule has 0 aromatic carbocycles. The van der Waals surface area contributed by atoms with E-state index in [0.717, 1.165) is 11.3 Å². The Morgan fingerprint density at radius 3 is 2.57 bits per heavy atom. The molecule has 8 nitrogen and oxygen atoms in total. The van der Waals surface area contributed by atoms with Gasteiger partial charge in [0, 0.05) is 31.1 Å². The summed E-state index contributed by atoms with van der Waals surface area (Å²) in [4.78, 5) is 29.3. The molecule has 2 amide bonds. The molecule has 0 spiro atoms. The quantitative estimate of drug-likeness (QED) is 0.788. The Labute approximate surface area is 137 Å². The first-order valence-corrected chi connectivity index (χ1v) is 8.39. The van der Waals surface area contributed by atoms with E-state index in [4.69, 9.17) is 0 Å². The minimum Gasteiger partial charge on any atom is -0.341 e. The van der Waals surface area contributed by atoms with Crippen LogP contribution in [0.25, 0.3) is 0 Å². The van der Waals surface area contributed by atoms with Crippen LogP contribution in [-0.4, -0.2) is 68.0 Å². The van der Waals surface area contributed by atoms with Crippen LogP contribution in [0.2, 0.25) is 0 Å². The molecular weight excluding hydrogens is 316 g/mol. The normalized spacial score (nSPS) is 15.5. The highest BCUT2D eigenvalue weighted by Gasteiger charge is 2.22. The zero-order valence-electron chi connectivity index (χ0n) is 12.7. The molecule has 9 heteroatoms. The predicted octanol–water partition coefficient (Wildman–Crippen LogP) is 0.0382. The fourth-order valence-corrected chi connectivity index (χ4v) is 3.28. The molecule has 2 aromatic rings. The maximum absolute atomic E-state index is 12.3. The highest BCUT2D eigenvalue weighted by atomic mass is 32.1. The van der Waals surface area contributed by atoms with E-state index in [1.54, 1.807) is 16.2 Å². The molecule has 0 N–H and O–H groups in total. The molecule has 2 aromatic heterocycles. The van der Waals surface area contributed by atoms with Gasteiger partial charge in [-0.25, -0.2) is 4.68 Å². The van der Waals surface area contributed by atoms with Gasteiger partial charge >= 0.3 is 0 Å². The summed E-state index contributed by atoms with van der Waals surface area (Å²) in [7, 11) is 0. The van der Waals surface area contributed by atoms with Crippen LogP contribution in [0.5, 0.6) is 0 Å². The molecule has 0 saturated carbocycles. The van der Waals surface area contributed by atoms with Crippen LogP contribution in [-0.2, 0) is 22.6 Å². The first kappa shape index (κ1) is 15.6. The highest BCUT2D eigenvalue weighted by Crippen LogP contribution is 2.12. The van der Waals surface area contributed by atoms with Crippen molar-refractivity contribution >= 4 is 23.2 Å². The van der Waals surface area contributed by atoms with Gasteiger partial charge in [0.25, 0.3) is 0 Å². The number of hydrogen-bond acceptors (Lipinski definition) is 6. The Morgan fingerprint density at radius 1 is 1.13 bits per heavy atom. The molecule has 122 valence electrons. The molecule has 0 radical (unpaired) electrons. The summed E-state index contributed by atoms with van der Waals surface area (Å²) >= 11 is 1.59. The minimum atomic E-state index is -0.0233. The zero-order valence-corrected chi connectivity index (χ0v) is 13.5. The number of carbonyl (C=O) groups is 2. The van der Waals surface area contributed by atoms with Gasteiger partial charge < -0.3 is 9.80 Å². The fraction of sp³-hybridized carbons (Fsp3) is 0.500. The largest absolute Gasteiger partial charge is 0.341 e. The molecule has 1 aliphatic heterocycles. The van der Waals surface area contributed by atoms with Gasteiger partial charge in [-0.1, -0.05) is 6.07 Å². The molecule has 3 heterocycles. The van der Waals surface area contributed by atoms with Crippen LogP contribution < -0.4 is 0 Å². The summed E-state index contributed by atoms with van der Waals surface area (Å²) in [5.74, 6) is 0.104. The van der Waals surface area contributed by atoms with Crippen molar-refractivity contribution in [3.8, 4) is 0 Å². The molecule has 1 saturated heterocycles. The molecule has 0 unspecified atom stereocenters. The Morgan fingerprint density at radius 2 is 1.91 bits per heavy atom. The van der Waals surface area contributed by atoms with Gasteiger partial charge in [0.1, 0.15) is 12.9 Å². The number of tetrazole rings is 1. The Hall–Kier alpha value is -2.29. The Bertz CT molecular complexity index is 586. The molecule has 3 rings (SSSR count). The summed E-state index contributed by atoms with van der Waals surface area (Å²) in [5, 5.41) is 12.7. The first-order valence-electron chi connectivity index (χ1n) is 7.51. The van der Waals surface area contributed by atoms with Gasteiger partial charge in [0.05, 0.1) is 6.42 Å². The average molecular weight is 334 g/mol. The lowest BCUT2D eigenvalue weighted by Gasteiger charge is -2.22. The van der Waals surface area contributed by atoms with E-state index >= 15 is 0 Å². The first-order chi connectivity index (χ1) is 11.2. The number of aromatic nitrogens is 4. The van der Waals surface area contributed by atoms with Gasteiger partial charge in [-0.3, -0.25) is 9.59 Å². The van der Waals surface area contributed by atoms with E-state index in [1.807, 2.05) is 22.4 Å². The van der Waals surface area contributed by atoms with E-state index in [2.05, 4.69) is 15.5 Å². The predicted molar refractivity (Wildman–Crippen MR) is 83.6 cm³/mol. The average Bonchev–Trinajstić information content (AvgIpc) is 3.17. The third kappa shape index (κ3) is 4.13. The second-order valence-electron chi connectivity index (χ2n) is 5.38. The number of hydrogen-bond donors (Lipinski definition) is 0. The maximum atomic E-state index is 12.3. The van der Waals surface area contributed by atoms with Gasteiger partial charge in [-0.15, -0.1) is 16.4 Å². The van der Waals surface area contributed by atoms with Gasteiger partial charge in [0.15, 0.2) is 0 Å². The zero-order chi connectivity index (χ0) is 16.1. The smallest absolute Gasteiger partial charge is 0.244 e. The third-order valence-corrected chi connectivity index (χ3v) is 4.67. The van der Waals surface area contributed by atoms with Gasteiger partial charge in [-0.05, 0) is 28.3 Å². The minimum absolute atomic E-state index is 0.0233. The van der Waals surface area contributed by atoms with Crippen LogP contribution in [0.4, 0.5) is 0 Å². The van der Waals surface area contributed by atoms with Crippen molar-refractivity contribution in [2.24, 2.45) is 0 Å². The number of amides is 2. The summed E-state index contributed by atoms with van der Waals surface area (Å²) in [6.07, 6.45) is 2.65. The topological polar surface area (TPSA) is 84.2 Å². The van der Waals surface area contributed by atoms with Crippen molar-refractivity contribution < 1.29 is 9.59 Å². The van der Waals surface area contributed by atoms with Crippen LogP contribution in [0.15, 0.2) is 23.8 Å². The van der Waals surface area contributed by atoms with E-state index < -0.39 is 0 Å². The molecule has 23 heavy (non-hydrogen) atoms. The summed E-state index contributed by atoms with van der Waals surface area (Å²) in [5.41, 5.74) is 0. The van der Waals surface area contributed by atoms with Crippen molar-refractivity contribution in [2.75, 3.05) is 26.2 Å². The van der Waals surface area contributed by atoms with Crippen molar-refractivity contribution in [1.82, 2.24) is 30.0 Å². The molecule has 1 aliphatic rings. The number of rotatable bonds is 4. The summed E-state index contributed by atoms with van der Waals surface area (Å²) in [6.45, 7) is 2.61. The van der Waals surface area contributed by atoms with E-state index in [0.29, 0.717) is 32.6 Å². The van der Waals surface area contributed by atoms with Crippen molar-refractivity contribution in [2.45, 2.75) is 19.4 Å². The highest BCUT2D eigenvalue weighted by molar-refractivity contribution is 7.10. The van der Waals surface area contributed by atoms with E-state index in [-0.39, 0.29) is 18.4 Å². The molecule has 0 atom stereocenters. The Balaban J connectivity index is 1.52. The summed E-state index contributed by atoms with van der Waals surface area (Å²) < 4.78 is 1.41. The lowest BCUT2D eigenvalue weighted by Crippen LogP contribution is -2.39. The molecule has 0 bridgehead atoms. The Kier molecular flexibility index (Phi) is 4.96. The fourth-order valence-electron chi connectivity index (χ4n) is 2.58. The second-order valence-corrected chi connectivity index (χ2v) is 6.41. The monoisotopic (exact) mass is 334 g/mol. The van der Waals surface area contributed by atoms with E-state index in [1.165, 1.54) is 11.0 Å². The van der Waals surface area contributed by atoms with Crippen LogP contribution in [0, 0.1) is 0 Å². The number of nitrogens with zero attached hydrogens (tertiary/aromatic N) is 6. The maximum Gasteiger partial charge on any atom is 0.244 e. The second kappa shape index (κ2) is 7.32. The van der Waals surface area contributed by atoms with Crippen LogP contribution >= 0.6 is 11.3 Å². The third-order valence-electron chi connectivity index (χ3n) is 3.80. The lowest BCUT2D eigenvalue weighted by atomic mass is 10.3. The lowest BCUT2D eigenvalue weighted by molar-refractivity contribution is -0.133. The number of carbonyl (C=O) groups excluding carboxylic acids is 2. The number of thiophene rings is 1. The van der Waals surface area contributed by atoms with Crippen molar-refractivity contribution in [3.05, 3.63) is 28.7 Å². The molecule has 1 fully saturated rings. The van der Waals surface area contributed by atoms with Gasteiger partial charge in [-0.2, -0.15) is 0 Å². The van der Waals surface area contributed by atoms with Crippen molar-refractivity contribution in [1.29, 1.82) is 0 Å². The van der Waals surface area contributed by atoms with Crippen LogP contribution in [0.3, 0.4) is 0 Å². The van der Waals surface area contributed by atoms with E-state index in [9.17, 15) is 9.59 Å². The molecule has 0 aliphatic carbocycles. The standard InChI is InChI=1S/C14H18N6O2S/c21-13(9-12-3-1-8-23-12)18-4-2-5-19(7-6-18)14(22)10-20-11-15-16-17-20/h1,3,8,11H,2,4-7,9-10H2.